The van der Waals surface area contributed by atoms with Crippen LogP contribution in [0.25, 0.3) is 0 Å². The first-order valence-corrected chi connectivity index (χ1v) is 13.3. The van der Waals surface area contributed by atoms with Gasteiger partial charge in [-0.3, -0.25) is 19.8 Å². The quantitative estimate of drug-likeness (QED) is 0.134. The zero-order valence-corrected chi connectivity index (χ0v) is 23.6. The van der Waals surface area contributed by atoms with Gasteiger partial charge in [-0.1, -0.05) is 126 Å². The maximum absolute atomic E-state index is 14.3. The van der Waals surface area contributed by atoms with Gasteiger partial charge >= 0.3 is 0 Å². The summed E-state index contributed by atoms with van der Waals surface area (Å²) >= 11 is 17.3. The molecule has 1 aliphatic heterocycles. The fraction of sp³-hybridized carbons (Fsp3) is 0.241. The van der Waals surface area contributed by atoms with Gasteiger partial charge in [-0.15, -0.1) is 0 Å². The maximum atomic E-state index is 14.3. The fourth-order valence-electron chi connectivity index (χ4n) is 4.81. The maximum Gasteiger partial charge on any atom is 0.265 e. The van der Waals surface area contributed by atoms with E-state index < -0.39 is 56.2 Å². The third-order valence-corrected chi connectivity index (χ3v) is 7.49. The molecule has 5 atom stereocenters. The Morgan fingerprint density at radius 2 is 1.10 bits per heavy atom. The summed E-state index contributed by atoms with van der Waals surface area (Å²) in [7, 11) is 0. The number of ether oxygens (including phenoxy) is 2. The number of nitrogens with one attached hydrogen (secondary N) is 1. The van der Waals surface area contributed by atoms with Gasteiger partial charge in [0.25, 0.3) is 3.79 Å². The molecule has 9 nitrogen and oxygen atoms in total. The highest BCUT2D eigenvalue weighted by Gasteiger charge is 2.80. The van der Waals surface area contributed by atoms with Gasteiger partial charge in [0.2, 0.25) is 40.7 Å². The number of alkyl halides is 3. The Bertz CT molecular complexity index is 1470. The van der Waals surface area contributed by atoms with Crippen molar-refractivity contribution in [3.8, 4) is 0 Å². The lowest BCUT2D eigenvalue weighted by Crippen LogP contribution is -2.86. The molecule has 4 N–H and O–H groups in total. The predicted molar refractivity (Wildman–Crippen MR) is 151 cm³/mol. The lowest BCUT2D eigenvalue weighted by Gasteiger charge is -2.57. The van der Waals surface area contributed by atoms with Gasteiger partial charge in [-0.25, -0.2) is 0 Å². The topological polar surface area (TPSA) is 154 Å². The van der Waals surface area contributed by atoms with E-state index in [4.69, 9.17) is 49.7 Å². The Balaban J connectivity index is 2.07. The summed E-state index contributed by atoms with van der Waals surface area (Å²) in [6.07, 6.45) is -4.28. The summed E-state index contributed by atoms with van der Waals surface area (Å²) in [5.41, 5.74) is -11.3. The van der Waals surface area contributed by atoms with Crippen LogP contribution in [0, 0.1) is 5.41 Å². The molecule has 4 rings (SSSR count). The Morgan fingerprint density at radius 1 is 0.732 bits per heavy atom. The van der Waals surface area contributed by atoms with Gasteiger partial charge < -0.3 is 24.8 Å². The molecule has 0 bridgehead atoms. The van der Waals surface area contributed by atoms with E-state index in [9.17, 15) is 29.7 Å². The van der Waals surface area contributed by atoms with E-state index in [1.165, 1.54) is 72.8 Å². The van der Waals surface area contributed by atoms with E-state index >= 15 is 0 Å². The standard InChI is InChI=1S/C29H24Cl3NO8/c1-17-26(37,21(34)18-11-5-2-6-12-18)28(39,23(36)20-15-9-4-10-16-20)27(38,22(35)19-13-7-3-8-14-19)25(40-17)41-24(33)29(30,31)32/h2-17,25,33,37-39H,1H3/t17-,25+,26+,27-,28+/m0/s1. The zero-order valence-electron chi connectivity index (χ0n) is 21.3. The molecule has 0 spiro atoms. The van der Waals surface area contributed by atoms with E-state index in [0.717, 1.165) is 6.92 Å². The average Bonchev–Trinajstić information content (AvgIpc) is 2.98. The van der Waals surface area contributed by atoms with E-state index in [1.807, 2.05) is 0 Å². The number of carbonyl (C=O) groups excluding carboxylic acids is 3. The molecule has 3 aromatic carbocycles. The summed E-state index contributed by atoms with van der Waals surface area (Å²) < 4.78 is 8.43. The van der Waals surface area contributed by atoms with Crippen molar-refractivity contribution in [3.63, 3.8) is 0 Å². The summed E-state index contributed by atoms with van der Waals surface area (Å²) in [5.74, 6) is -5.20. The van der Waals surface area contributed by atoms with Crippen LogP contribution < -0.4 is 0 Å². The summed E-state index contributed by atoms with van der Waals surface area (Å²) in [4.78, 5) is 42.4. The molecule has 12 heteroatoms. The van der Waals surface area contributed by atoms with Crippen LogP contribution in [0.3, 0.4) is 0 Å². The second-order valence-corrected chi connectivity index (χ2v) is 11.7. The Morgan fingerprint density at radius 3 is 1.49 bits per heavy atom. The molecule has 1 aliphatic rings. The molecule has 1 fully saturated rings. The molecule has 214 valence electrons. The third-order valence-electron chi connectivity index (χ3n) is 6.97. The van der Waals surface area contributed by atoms with Crippen LogP contribution in [-0.2, 0) is 9.47 Å². The van der Waals surface area contributed by atoms with Crippen LogP contribution in [0.15, 0.2) is 91.0 Å². The van der Waals surface area contributed by atoms with Gasteiger partial charge in [0.1, 0.15) is 0 Å². The van der Waals surface area contributed by atoms with E-state index in [-0.39, 0.29) is 16.7 Å². The van der Waals surface area contributed by atoms with Gasteiger partial charge in [0.05, 0.1) is 6.10 Å². The number of hydrogen-bond donors (Lipinski definition) is 4. The molecular formula is C29H24Cl3NO8. The molecule has 1 saturated heterocycles. The molecule has 1 heterocycles. The van der Waals surface area contributed by atoms with Crippen molar-refractivity contribution in [2.45, 2.75) is 39.9 Å². The van der Waals surface area contributed by atoms with Crippen molar-refractivity contribution in [1.82, 2.24) is 0 Å². The first-order valence-electron chi connectivity index (χ1n) is 12.1. The van der Waals surface area contributed by atoms with Crippen molar-refractivity contribution in [2.75, 3.05) is 0 Å². The molecule has 0 unspecified atom stereocenters. The number of Topliss-reactive ketones (excluding diaryl/α,β-unsaturated/α-hetero) is 3. The smallest absolute Gasteiger partial charge is 0.265 e. The van der Waals surface area contributed by atoms with Crippen molar-refractivity contribution in [3.05, 3.63) is 108 Å². The molecule has 0 amide bonds. The number of carbonyl (C=O) groups is 3. The summed E-state index contributed by atoms with van der Waals surface area (Å²) in [5, 5.41) is 45.2. The summed E-state index contributed by atoms with van der Waals surface area (Å²) in [6.45, 7) is 1.12. The van der Waals surface area contributed by atoms with Crippen LogP contribution in [0.2, 0.25) is 0 Å². The molecule has 3 aromatic rings. The minimum atomic E-state index is -3.70. The largest absolute Gasteiger partial charge is 0.444 e. The molecule has 0 aromatic heterocycles. The van der Waals surface area contributed by atoms with Crippen molar-refractivity contribution >= 4 is 58.1 Å². The highest BCUT2D eigenvalue weighted by atomic mass is 35.6. The number of benzene rings is 3. The van der Waals surface area contributed by atoms with Crippen LogP contribution >= 0.6 is 34.8 Å². The van der Waals surface area contributed by atoms with E-state index in [2.05, 4.69) is 0 Å². The van der Waals surface area contributed by atoms with Gasteiger partial charge in [0.15, 0.2) is 5.60 Å². The van der Waals surface area contributed by atoms with Gasteiger partial charge in [-0.2, -0.15) is 0 Å². The Labute approximate surface area is 249 Å². The van der Waals surface area contributed by atoms with E-state index in [0.29, 0.717) is 0 Å². The van der Waals surface area contributed by atoms with Gasteiger partial charge in [-0.05, 0) is 6.92 Å². The summed E-state index contributed by atoms with van der Waals surface area (Å²) in [6, 6.07) is 21.0. The van der Waals surface area contributed by atoms with Crippen LogP contribution in [-0.4, -0.2) is 71.6 Å². The minimum Gasteiger partial charge on any atom is -0.444 e. The number of aliphatic hydroxyl groups is 3. The first kappa shape index (κ1) is 30.8. The highest BCUT2D eigenvalue weighted by Crippen LogP contribution is 2.50. The average molecular weight is 621 g/mol. The lowest BCUT2D eigenvalue weighted by atomic mass is 9.58. The normalized spacial score (nSPS) is 28.0. The van der Waals surface area contributed by atoms with Crippen molar-refractivity contribution in [1.29, 1.82) is 5.41 Å². The molecule has 0 saturated carbocycles. The monoisotopic (exact) mass is 619 g/mol. The third kappa shape index (κ3) is 4.97. The second kappa shape index (κ2) is 11.3. The van der Waals surface area contributed by atoms with Crippen LogP contribution in [0.5, 0.6) is 0 Å². The minimum absolute atomic E-state index is 0.173. The number of hydrogen-bond acceptors (Lipinski definition) is 9. The lowest BCUT2D eigenvalue weighted by molar-refractivity contribution is -0.337. The molecule has 0 aliphatic carbocycles. The molecule has 41 heavy (non-hydrogen) atoms. The second-order valence-electron chi connectivity index (χ2n) is 9.38. The van der Waals surface area contributed by atoms with Crippen molar-refractivity contribution in [2.24, 2.45) is 0 Å². The van der Waals surface area contributed by atoms with E-state index in [1.54, 1.807) is 18.2 Å². The SMILES string of the molecule is C[C@@H]1O[C@H](OC(=N)C(Cl)(Cl)Cl)[C@@](O)(C(=O)c2ccccc2)[C@@](O)(C(=O)c2ccccc2)[C@]1(O)C(=O)c1ccccc1. The van der Waals surface area contributed by atoms with Crippen molar-refractivity contribution < 1.29 is 39.2 Å². The van der Waals surface area contributed by atoms with Crippen LogP contribution in [0.4, 0.5) is 0 Å². The fourth-order valence-corrected chi connectivity index (χ4v) is 4.94. The number of halogens is 3. The Hall–Kier alpha value is -3.15. The predicted octanol–water partition coefficient (Wildman–Crippen LogP) is 3.94. The zero-order chi connectivity index (χ0) is 30.2. The number of rotatable bonds is 7. The first-order chi connectivity index (χ1) is 19.2. The number of ketones is 3. The molecule has 0 radical (unpaired) electrons. The highest BCUT2D eigenvalue weighted by molar-refractivity contribution is 6.76. The molecular weight excluding hydrogens is 597 g/mol. The van der Waals surface area contributed by atoms with Gasteiger partial charge in [0, 0.05) is 16.7 Å². The van der Waals surface area contributed by atoms with Crippen LogP contribution in [0.1, 0.15) is 38.0 Å². The Kier molecular flexibility index (Phi) is 8.46.